The number of aromatic nitrogens is 3. The lowest BCUT2D eigenvalue weighted by atomic mass is 9.83. The number of halogens is 3. The third-order valence-corrected chi connectivity index (χ3v) is 4.94. The second-order valence-corrected chi connectivity index (χ2v) is 6.72. The van der Waals surface area contributed by atoms with Gasteiger partial charge in [-0.3, -0.25) is 5.10 Å². The van der Waals surface area contributed by atoms with Crippen LogP contribution in [0.2, 0.25) is 0 Å². The predicted octanol–water partition coefficient (Wildman–Crippen LogP) is 4.48. The molecular formula is C20H13F3N6O. The van der Waals surface area contributed by atoms with Gasteiger partial charge >= 0.3 is 6.18 Å². The van der Waals surface area contributed by atoms with Gasteiger partial charge in [-0.2, -0.15) is 23.5 Å². The molecule has 1 unspecified atom stereocenters. The first-order valence-corrected chi connectivity index (χ1v) is 8.71. The van der Waals surface area contributed by atoms with Gasteiger partial charge in [0, 0.05) is 11.1 Å². The number of benzene rings is 1. The van der Waals surface area contributed by atoms with Gasteiger partial charge in [0.25, 0.3) is 0 Å². The average molecular weight is 410 g/mol. The number of aryl methyl sites for hydroxylation is 2. The molecule has 0 spiro atoms. The topological polar surface area (TPSA) is 94.9 Å². The molecule has 0 saturated heterocycles. The SMILES string of the molecule is [C-]#[N+]C1=C(c2ocnc2C)NC(C(F)(F)F)=C(C#N)C1c1ccc2n[nH]c(C)c2c1. The van der Waals surface area contributed by atoms with Crippen LogP contribution in [-0.2, 0) is 0 Å². The summed E-state index contributed by atoms with van der Waals surface area (Å²) in [5.41, 5.74) is -0.0115. The zero-order valence-corrected chi connectivity index (χ0v) is 15.7. The number of hydrogen-bond donors (Lipinski definition) is 2. The minimum Gasteiger partial charge on any atom is -0.443 e. The molecule has 1 aliphatic heterocycles. The van der Waals surface area contributed by atoms with Crippen molar-refractivity contribution in [3.05, 3.63) is 75.7 Å². The van der Waals surface area contributed by atoms with E-state index in [1.807, 2.05) is 0 Å². The Kier molecular flexibility index (Phi) is 4.35. The van der Waals surface area contributed by atoms with Gasteiger partial charge in [0.15, 0.2) is 12.2 Å². The summed E-state index contributed by atoms with van der Waals surface area (Å²) >= 11 is 0. The normalized spacial score (nSPS) is 17.1. The molecule has 1 atom stereocenters. The summed E-state index contributed by atoms with van der Waals surface area (Å²) < 4.78 is 46.8. The van der Waals surface area contributed by atoms with Crippen LogP contribution in [0.3, 0.4) is 0 Å². The average Bonchev–Trinajstić information content (AvgIpc) is 3.30. The number of H-pyrrole nitrogens is 1. The Morgan fingerprint density at radius 2 is 2.07 bits per heavy atom. The zero-order valence-electron chi connectivity index (χ0n) is 15.7. The van der Waals surface area contributed by atoms with E-state index in [-0.39, 0.29) is 17.2 Å². The van der Waals surface area contributed by atoms with Crippen molar-refractivity contribution in [3.8, 4) is 6.07 Å². The summed E-state index contributed by atoms with van der Waals surface area (Å²) in [5.74, 6) is -1.21. The van der Waals surface area contributed by atoms with Crippen LogP contribution in [0.15, 0.2) is 46.0 Å². The van der Waals surface area contributed by atoms with Gasteiger partial charge in [-0.05, 0) is 31.5 Å². The number of nitrogens with one attached hydrogen (secondary N) is 2. The van der Waals surface area contributed by atoms with Crippen LogP contribution in [0.25, 0.3) is 21.4 Å². The largest absolute Gasteiger partial charge is 0.443 e. The van der Waals surface area contributed by atoms with Crippen LogP contribution in [0, 0.1) is 31.8 Å². The van der Waals surface area contributed by atoms with Crippen molar-refractivity contribution in [3.63, 3.8) is 0 Å². The summed E-state index contributed by atoms with van der Waals surface area (Å²) in [4.78, 5) is 7.40. The standard InChI is InChI=1S/C20H13F3N6O/c1-9-12-6-11(4-5-14(12)29-28-9)15-13(7-24)19(20(21,22)23)27-17(16(15)25-3)18-10(2)26-8-30-18/h4-6,8,15,27H,1-2H3,(H,28,29). The van der Waals surface area contributed by atoms with Crippen LogP contribution in [0.1, 0.15) is 28.6 Å². The van der Waals surface area contributed by atoms with E-state index in [0.29, 0.717) is 22.2 Å². The molecule has 0 saturated carbocycles. The molecular weight excluding hydrogens is 397 g/mol. The van der Waals surface area contributed by atoms with Crippen LogP contribution >= 0.6 is 0 Å². The highest BCUT2D eigenvalue weighted by Crippen LogP contribution is 2.45. The highest BCUT2D eigenvalue weighted by molar-refractivity contribution is 5.83. The Bertz CT molecular complexity index is 1310. The molecule has 3 aromatic rings. The van der Waals surface area contributed by atoms with Crippen LogP contribution in [-0.4, -0.2) is 21.4 Å². The van der Waals surface area contributed by atoms with Gasteiger partial charge in [-0.25, -0.2) is 9.83 Å². The number of aromatic amines is 1. The van der Waals surface area contributed by atoms with Gasteiger partial charge < -0.3 is 9.73 Å². The quantitative estimate of drug-likeness (QED) is 0.608. The lowest BCUT2D eigenvalue weighted by Gasteiger charge is -2.29. The van der Waals surface area contributed by atoms with E-state index in [0.717, 1.165) is 12.1 Å². The predicted molar refractivity (Wildman–Crippen MR) is 100 cm³/mol. The zero-order chi connectivity index (χ0) is 21.6. The van der Waals surface area contributed by atoms with E-state index < -0.39 is 23.4 Å². The van der Waals surface area contributed by atoms with E-state index in [2.05, 4.69) is 25.3 Å². The monoisotopic (exact) mass is 410 g/mol. The van der Waals surface area contributed by atoms with Gasteiger partial charge in [0.05, 0.1) is 41.0 Å². The molecule has 0 bridgehead atoms. The second-order valence-electron chi connectivity index (χ2n) is 6.72. The van der Waals surface area contributed by atoms with Gasteiger partial charge in [0.2, 0.25) is 5.70 Å². The second kappa shape index (κ2) is 6.78. The van der Waals surface area contributed by atoms with Gasteiger partial charge in [-0.1, -0.05) is 6.07 Å². The summed E-state index contributed by atoms with van der Waals surface area (Å²) in [7, 11) is 0. The number of fused-ring (bicyclic) bond motifs is 1. The number of rotatable bonds is 2. The molecule has 150 valence electrons. The lowest BCUT2D eigenvalue weighted by molar-refractivity contribution is -0.0962. The third kappa shape index (κ3) is 2.90. The molecule has 2 aromatic heterocycles. The fourth-order valence-corrected chi connectivity index (χ4v) is 3.52. The number of nitrogens with zero attached hydrogens (tertiary/aromatic N) is 4. The number of alkyl halides is 3. The van der Waals surface area contributed by atoms with Crippen molar-refractivity contribution in [1.82, 2.24) is 20.5 Å². The Morgan fingerprint density at radius 1 is 1.30 bits per heavy atom. The summed E-state index contributed by atoms with van der Waals surface area (Å²) in [6, 6.07) is 6.51. The molecule has 2 N–H and O–H groups in total. The highest BCUT2D eigenvalue weighted by atomic mass is 19.4. The Labute approximate surface area is 168 Å². The molecule has 0 radical (unpaired) electrons. The summed E-state index contributed by atoms with van der Waals surface area (Å²) in [6.07, 6.45) is -3.75. The first-order valence-electron chi connectivity index (χ1n) is 8.71. The lowest BCUT2D eigenvalue weighted by Crippen LogP contribution is -2.33. The number of allylic oxidation sites excluding steroid dienone is 2. The Balaban J connectivity index is 2.04. The fourth-order valence-electron chi connectivity index (χ4n) is 3.52. The van der Waals surface area contributed by atoms with Crippen molar-refractivity contribution in [2.45, 2.75) is 25.9 Å². The van der Waals surface area contributed by atoms with Crippen molar-refractivity contribution in [1.29, 1.82) is 5.26 Å². The molecule has 10 heteroatoms. The van der Waals surface area contributed by atoms with Gasteiger partial charge in [-0.15, -0.1) is 0 Å². The maximum atomic E-state index is 13.8. The number of nitriles is 1. The maximum absolute atomic E-state index is 13.8. The minimum atomic E-state index is -4.84. The van der Waals surface area contributed by atoms with Crippen molar-refractivity contribution >= 4 is 16.6 Å². The molecule has 1 aromatic carbocycles. The number of hydrogen-bond acceptors (Lipinski definition) is 5. The molecule has 3 heterocycles. The van der Waals surface area contributed by atoms with Crippen molar-refractivity contribution < 1.29 is 17.6 Å². The summed E-state index contributed by atoms with van der Waals surface area (Å²) in [5, 5.41) is 19.5. The smallest absolute Gasteiger partial charge is 0.432 e. The van der Waals surface area contributed by atoms with E-state index in [4.69, 9.17) is 11.0 Å². The molecule has 4 rings (SSSR count). The van der Waals surface area contributed by atoms with E-state index in [9.17, 15) is 18.4 Å². The van der Waals surface area contributed by atoms with E-state index in [1.54, 1.807) is 38.1 Å². The van der Waals surface area contributed by atoms with Crippen molar-refractivity contribution in [2.24, 2.45) is 0 Å². The molecule has 0 fully saturated rings. The maximum Gasteiger partial charge on any atom is 0.432 e. The van der Waals surface area contributed by atoms with Crippen LogP contribution in [0.4, 0.5) is 13.2 Å². The highest BCUT2D eigenvalue weighted by Gasteiger charge is 2.45. The fraction of sp³-hybridized carbons (Fsp3) is 0.200. The Hall–Kier alpha value is -4.05. The molecule has 7 nitrogen and oxygen atoms in total. The third-order valence-electron chi connectivity index (χ3n) is 4.94. The molecule has 30 heavy (non-hydrogen) atoms. The van der Waals surface area contributed by atoms with E-state index in [1.165, 1.54) is 0 Å². The van der Waals surface area contributed by atoms with Gasteiger partial charge in [0.1, 0.15) is 5.70 Å². The van der Waals surface area contributed by atoms with Crippen LogP contribution < -0.4 is 5.32 Å². The van der Waals surface area contributed by atoms with E-state index >= 15 is 0 Å². The molecule has 1 aliphatic rings. The Morgan fingerprint density at radius 3 is 2.67 bits per heavy atom. The van der Waals surface area contributed by atoms with Crippen molar-refractivity contribution in [2.75, 3.05) is 0 Å². The number of dihydropyridines is 1. The first-order chi connectivity index (χ1) is 14.3. The molecule has 0 amide bonds. The van der Waals surface area contributed by atoms with Crippen LogP contribution in [0.5, 0.6) is 0 Å². The minimum absolute atomic E-state index is 0.0188. The summed E-state index contributed by atoms with van der Waals surface area (Å²) in [6.45, 7) is 11.0. The number of oxazole rings is 1. The first kappa shape index (κ1) is 19.3. The molecule has 0 aliphatic carbocycles.